The average molecular weight is 388 g/mol. The Balaban J connectivity index is 1.78. The van der Waals surface area contributed by atoms with Gasteiger partial charge in [0.15, 0.2) is 0 Å². The lowest BCUT2D eigenvalue weighted by molar-refractivity contribution is -0.115. The Bertz CT molecular complexity index is 940. The summed E-state index contributed by atoms with van der Waals surface area (Å²) in [7, 11) is 0. The van der Waals surface area contributed by atoms with Crippen molar-refractivity contribution in [3.63, 3.8) is 0 Å². The predicted molar refractivity (Wildman–Crippen MR) is 108 cm³/mol. The highest BCUT2D eigenvalue weighted by Crippen LogP contribution is 2.36. The molecule has 3 rings (SSSR count). The highest BCUT2D eigenvalue weighted by molar-refractivity contribution is 8.00. The van der Waals surface area contributed by atoms with Gasteiger partial charge in [0.1, 0.15) is 21.9 Å². The Hall–Kier alpha value is -2.12. The molecule has 1 N–H and O–H groups in total. The summed E-state index contributed by atoms with van der Waals surface area (Å²) < 4.78 is 5.57. The van der Waals surface area contributed by atoms with Gasteiger partial charge in [-0.25, -0.2) is 9.97 Å². The highest BCUT2D eigenvalue weighted by Gasteiger charge is 2.20. The maximum absolute atomic E-state index is 12.7. The number of para-hydroxylation sites is 2. The first-order valence-corrected chi connectivity index (χ1v) is 10.1. The lowest BCUT2D eigenvalue weighted by atomic mass is 10.2. The summed E-state index contributed by atoms with van der Waals surface area (Å²) in [6.45, 7) is 8.50. The molecule has 5 nitrogen and oxygen atoms in total. The highest BCUT2D eigenvalue weighted by atomic mass is 32.2. The molecule has 0 bridgehead atoms. The van der Waals surface area contributed by atoms with Crippen molar-refractivity contribution in [1.29, 1.82) is 0 Å². The molecule has 2 heterocycles. The first kappa shape index (κ1) is 18.7. The lowest BCUT2D eigenvalue weighted by Crippen LogP contribution is -2.23. The number of fused-ring (bicyclic) bond motifs is 1. The van der Waals surface area contributed by atoms with Crippen LogP contribution in [0.15, 0.2) is 35.6 Å². The summed E-state index contributed by atoms with van der Waals surface area (Å²) in [5.41, 5.74) is 1.87. The first-order valence-electron chi connectivity index (χ1n) is 8.41. The number of carbonyl (C=O) groups excluding carboxylic acids is 1. The molecule has 2 aromatic heterocycles. The van der Waals surface area contributed by atoms with Crippen molar-refractivity contribution in [2.45, 2.75) is 38.0 Å². The molecule has 0 unspecified atom stereocenters. The van der Waals surface area contributed by atoms with Crippen LogP contribution in [0.3, 0.4) is 0 Å². The van der Waals surface area contributed by atoms with E-state index in [-0.39, 0.29) is 11.2 Å². The number of nitrogens with one attached hydrogen (secondary N) is 1. The fourth-order valence-electron chi connectivity index (χ4n) is 2.55. The zero-order chi connectivity index (χ0) is 18.7. The van der Waals surface area contributed by atoms with E-state index in [2.05, 4.69) is 29.1 Å². The van der Waals surface area contributed by atoms with Crippen molar-refractivity contribution in [2.24, 2.45) is 0 Å². The van der Waals surface area contributed by atoms with E-state index in [4.69, 9.17) is 4.74 Å². The smallest absolute Gasteiger partial charge is 0.237 e. The third kappa shape index (κ3) is 3.83. The van der Waals surface area contributed by atoms with E-state index in [0.29, 0.717) is 18.0 Å². The Kier molecular flexibility index (Phi) is 5.78. The monoisotopic (exact) mass is 387 g/mol. The van der Waals surface area contributed by atoms with E-state index < -0.39 is 0 Å². The summed E-state index contributed by atoms with van der Waals surface area (Å²) in [6.07, 6.45) is 1.56. The van der Waals surface area contributed by atoms with Crippen LogP contribution in [0.5, 0.6) is 5.75 Å². The minimum absolute atomic E-state index is 0.0847. The van der Waals surface area contributed by atoms with E-state index in [1.807, 2.05) is 38.1 Å². The fourth-order valence-corrected chi connectivity index (χ4v) is 4.58. The minimum Gasteiger partial charge on any atom is -0.492 e. The number of ether oxygens (including phenoxy) is 1. The van der Waals surface area contributed by atoms with Gasteiger partial charge in [-0.1, -0.05) is 23.9 Å². The van der Waals surface area contributed by atoms with Crippen molar-refractivity contribution in [2.75, 3.05) is 11.9 Å². The van der Waals surface area contributed by atoms with Crippen LogP contribution in [-0.2, 0) is 4.79 Å². The third-order valence-electron chi connectivity index (χ3n) is 4.03. The predicted octanol–water partition coefficient (Wildman–Crippen LogP) is 4.83. The maximum atomic E-state index is 12.7. The molecule has 7 heteroatoms. The van der Waals surface area contributed by atoms with Crippen LogP contribution in [0.2, 0.25) is 0 Å². The van der Waals surface area contributed by atoms with Crippen LogP contribution in [0.1, 0.15) is 24.3 Å². The number of aryl methyl sites for hydroxylation is 2. The molecule has 0 saturated carbocycles. The second-order valence-electron chi connectivity index (χ2n) is 5.82. The number of thioether (sulfide) groups is 1. The van der Waals surface area contributed by atoms with Crippen LogP contribution >= 0.6 is 23.1 Å². The molecule has 1 aromatic carbocycles. The van der Waals surface area contributed by atoms with Gasteiger partial charge in [-0.2, -0.15) is 0 Å². The molecule has 0 aliphatic carbocycles. The van der Waals surface area contributed by atoms with Gasteiger partial charge in [0.25, 0.3) is 0 Å². The van der Waals surface area contributed by atoms with Crippen molar-refractivity contribution in [1.82, 2.24) is 9.97 Å². The Morgan fingerprint density at radius 1 is 1.31 bits per heavy atom. The summed E-state index contributed by atoms with van der Waals surface area (Å²) >= 11 is 3.11. The van der Waals surface area contributed by atoms with Crippen molar-refractivity contribution in [3.05, 3.63) is 41.0 Å². The number of aromatic nitrogens is 2. The number of hydrogen-bond acceptors (Lipinski definition) is 6. The third-order valence-corrected chi connectivity index (χ3v) is 6.25. The van der Waals surface area contributed by atoms with Gasteiger partial charge in [0.05, 0.1) is 17.5 Å². The molecule has 1 atom stereocenters. The lowest BCUT2D eigenvalue weighted by Gasteiger charge is -2.15. The Morgan fingerprint density at radius 2 is 2.08 bits per heavy atom. The molecular formula is C19H21N3O2S2. The molecular weight excluding hydrogens is 366 g/mol. The molecule has 0 radical (unpaired) electrons. The summed E-state index contributed by atoms with van der Waals surface area (Å²) in [5, 5.41) is 4.55. The topological polar surface area (TPSA) is 64.1 Å². The normalized spacial score (nSPS) is 12.2. The number of thiophene rings is 1. The van der Waals surface area contributed by atoms with Gasteiger partial charge in [-0.3, -0.25) is 4.79 Å². The van der Waals surface area contributed by atoms with Gasteiger partial charge in [-0.05, 0) is 45.4 Å². The van der Waals surface area contributed by atoms with Gasteiger partial charge in [0.2, 0.25) is 5.91 Å². The molecule has 0 saturated heterocycles. The molecule has 0 aliphatic heterocycles. The quantitative estimate of drug-likeness (QED) is 0.485. The van der Waals surface area contributed by atoms with Crippen molar-refractivity contribution >= 4 is 44.9 Å². The van der Waals surface area contributed by atoms with Crippen LogP contribution in [-0.4, -0.2) is 27.7 Å². The maximum Gasteiger partial charge on any atom is 0.237 e. The van der Waals surface area contributed by atoms with Crippen molar-refractivity contribution < 1.29 is 9.53 Å². The zero-order valence-corrected chi connectivity index (χ0v) is 16.8. The van der Waals surface area contributed by atoms with Crippen LogP contribution < -0.4 is 10.1 Å². The number of rotatable bonds is 6. The molecule has 1 amide bonds. The largest absolute Gasteiger partial charge is 0.492 e. The second-order valence-corrected chi connectivity index (χ2v) is 8.35. The first-order chi connectivity index (χ1) is 12.5. The minimum atomic E-state index is -0.303. The van der Waals surface area contributed by atoms with E-state index >= 15 is 0 Å². The molecule has 136 valence electrons. The number of carbonyl (C=O) groups is 1. The second kappa shape index (κ2) is 8.05. The number of nitrogens with zero attached hydrogens (tertiary/aromatic N) is 2. The fraction of sp³-hybridized carbons (Fsp3) is 0.316. The van der Waals surface area contributed by atoms with Crippen LogP contribution in [0, 0.1) is 13.8 Å². The summed E-state index contributed by atoms with van der Waals surface area (Å²) in [5.74, 6) is 0.591. The molecule has 26 heavy (non-hydrogen) atoms. The molecule has 0 aliphatic rings. The Morgan fingerprint density at radius 3 is 2.85 bits per heavy atom. The number of amides is 1. The molecule has 0 spiro atoms. The average Bonchev–Trinajstić information content (AvgIpc) is 2.92. The van der Waals surface area contributed by atoms with Crippen LogP contribution in [0.25, 0.3) is 10.2 Å². The molecule has 0 fully saturated rings. The van der Waals surface area contributed by atoms with Gasteiger partial charge in [-0.15, -0.1) is 11.3 Å². The number of benzene rings is 1. The Labute approximate surface area is 161 Å². The van der Waals surface area contributed by atoms with E-state index in [1.165, 1.54) is 22.2 Å². The summed E-state index contributed by atoms with van der Waals surface area (Å²) in [4.78, 5) is 23.6. The van der Waals surface area contributed by atoms with Gasteiger partial charge in [0, 0.05) is 10.3 Å². The standard InChI is InChI=1S/C19H21N3O2S2/c1-5-24-15-9-7-6-8-14(15)22-17(23)13(4)26-19-16-11(2)12(3)25-18(16)20-10-21-19/h6-10,13H,5H2,1-4H3,(H,22,23)/t13-/m1/s1. The number of hydrogen-bond donors (Lipinski definition) is 1. The van der Waals surface area contributed by atoms with Gasteiger partial charge < -0.3 is 10.1 Å². The van der Waals surface area contributed by atoms with E-state index in [0.717, 1.165) is 15.2 Å². The van der Waals surface area contributed by atoms with E-state index in [1.54, 1.807) is 17.7 Å². The zero-order valence-electron chi connectivity index (χ0n) is 15.2. The van der Waals surface area contributed by atoms with E-state index in [9.17, 15) is 4.79 Å². The van der Waals surface area contributed by atoms with Gasteiger partial charge >= 0.3 is 0 Å². The SMILES string of the molecule is CCOc1ccccc1NC(=O)[C@@H](C)Sc1ncnc2sc(C)c(C)c12. The summed E-state index contributed by atoms with van der Waals surface area (Å²) in [6, 6.07) is 7.46. The number of anilines is 1. The van der Waals surface area contributed by atoms with Crippen LogP contribution in [0.4, 0.5) is 5.69 Å². The molecule has 3 aromatic rings. The van der Waals surface area contributed by atoms with Crippen molar-refractivity contribution in [3.8, 4) is 5.75 Å².